The van der Waals surface area contributed by atoms with Crippen molar-refractivity contribution < 1.29 is 28.2 Å². The van der Waals surface area contributed by atoms with Crippen molar-refractivity contribution in [1.29, 1.82) is 0 Å². The van der Waals surface area contributed by atoms with Crippen LogP contribution < -0.4 is 9.47 Å². The molecular formula is C19H15FO5. The van der Waals surface area contributed by atoms with Gasteiger partial charge in [-0.1, -0.05) is 18.2 Å². The van der Waals surface area contributed by atoms with E-state index in [2.05, 4.69) is 4.74 Å². The third kappa shape index (κ3) is 3.24. The lowest BCUT2D eigenvalue weighted by molar-refractivity contribution is -0.142. The maximum atomic E-state index is 13.8. The highest BCUT2D eigenvalue weighted by Gasteiger charge is 2.30. The lowest BCUT2D eigenvalue weighted by atomic mass is 10.1. The van der Waals surface area contributed by atoms with Gasteiger partial charge in [0.05, 0.1) is 12.7 Å². The zero-order chi connectivity index (χ0) is 18.0. The average Bonchev–Trinajstić information content (AvgIpc) is 2.93. The third-order valence-corrected chi connectivity index (χ3v) is 3.80. The molecular weight excluding hydrogens is 327 g/mol. The Hall–Kier alpha value is -3.15. The van der Waals surface area contributed by atoms with Crippen LogP contribution in [0.3, 0.4) is 0 Å². The number of carbonyl (C=O) groups is 2. The monoisotopic (exact) mass is 342 g/mol. The van der Waals surface area contributed by atoms with Crippen LogP contribution in [0.25, 0.3) is 6.08 Å². The van der Waals surface area contributed by atoms with E-state index in [-0.39, 0.29) is 23.7 Å². The minimum atomic E-state index is -0.517. The van der Waals surface area contributed by atoms with Crippen LogP contribution in [-0.4, -0.2) is 25.5 Å². The van der Waals surface area contributed by atoms with Crippen LogP contribution in [0.1, 0.15) is 21.5 Å². The second kappa shape index (κ2) is 6.76. The topological polar surface area (TPSA) is 61.8 Å². The number of hydrogen-bond donors (Lipinski definition) is 0. The highest BCUT2D eigenvalue weighted by Crippen LogP contribution is 2.39. The molecule has 0 fully saturated rings. The molecule has 0 bridgehead atoms. The molecule has 0 atom stereocenters. The predicted octanol–water partition coefficient (Wildman–Crippen LogP) is 3.30. The van der Waals surface area contributed by atoms with E-state index in [0.717, 1.165) is 0 Å². The molecule has 0 amide bonds. The fourth-order valence-corrected chi connectivity index (χ4v) is 2.45. The maximum absolute atomic E-state index is 13.8. The van der Waals surface area contributed by atoms with Gasteiger partial charge in [-0.3, -0.25) is 4.79 Å². The Balaban J connectivity index is 1.90. The van der Waals surface area contributed by atoms with Crippen LogP contribution >= 0.6 is 0 Å². The first-order valence-corrected chi connectivity index (χ1v) is 7.53. The van der Waals surface area contributed by atoms with Crippen molar-refractivity contribution in [2.75, 3.05) is 13.7 Å². The van der Waals surface area contributed by atoms with Gasteiger partial charge < -0.3 is 14.2 Å². The first-order valence-electron chi connectivity index (χ1n) is 7.53. The Labute approximate surface area is 143 Å². The summed E-state index contributed by atoms with van der Waals surface area (Å²) >= 11 is 0. The van der Waals surface area contributed by atoms with Crippen LogP contribution in [-0.2, 0) is 9.53 Å². The molecule has 0 saturated carbocycles. The minimum Gasteiger partial charge on any atom is -0.481 e. The summed E-state index contributed by atoms with van der Waals surface area (Å²) in [5.41, 5.74) is 1.20. The molecule has 2 aromatic carbocycles. The predicted molar refractivity (Wildman–Crippen MR) is 88.0 cm³/mol. The van der Waals surface area contributed by atoms with E-state index in [1.54, 1.807) is 37.3 Å². The standard InChI is InChI=1S/C19H15FO5/c1-11-15(24-10-17(21)23-2)8-7-13-18(22)16(25-19(11)13)9-12-5-3-4-6-14(12)20/h3-9H,10H2,1-2H3/b16-9-. The molecule has 25 heavy (non-hydrogen) atoms. The number of methoxy groups -OCH3 is 1. The largest absolute Gasteiger partial charge is 0.481 e. The molecule has 1 aliphatic heterocycles. The molecule has 0 saturated heterocycles. The number of ketones is 1. The van der Waals surface area contributed by atoms with Crippen molar-refractivity contribution in [1.82, 2.24) is 0 Å². The molecule has 0 spiro atoms. The first kappa shape index (κ1) is 16.7. The van der Waals surface area contributed by atoms with Crippen molar-refractivity contribution in [2.24, 2.45) is 0 Å². The van der Waals surface area contributed by atoms with Gasteiger partial charge in [-0.2, -0.15) is 0 Å². The Morgan fingerprint density at radius 3 is 2.72 bits per heavy atom. The summed E-state index contributed by atoms with van der Waals surface area (Å²) in [6, 6.07) is 9.25. The zero-order valence-electron chi connectivity index (χ0n) is 13.7. The van der Waals surface area contributed by atoms with Crippen LogP contribution in [0.15, 0.2) is 42.2 Å². The quantitative estimate of drug-likeness (QED) is 0.630. The smallest absolute Gasteiger partial charge is 0.343 e. The van der Waals surface area contributed by atoms with Gasteiger partial charge in [-0.05, 0) is 31.2 Å². The fraction of sp³-hybridized carbons (Fsp3) is 0.158. The van der Waals surface area contributed by atoms with Crippen LogP contribution in [0, 0.1) is 12.7 Å². The number of rotatable bonds is 4. The number of carbonyl (C=O) groups excluding carboxylic acids is 2. The van der Waals surface area contributed by atoms with Crippen molar-refractivity contribution in [3.63, 3.8) is 0 Å². The molecule has 0 aromatic heterocycles. The summed E-state index contributed by atoms with van der Waals surface area (Å²) in [5.74, 6) is -0.508. The number of fused-ring (bicyclic) bond motifs is 1. The van der Waals surface area contributed by atoms with Gasteiger partial charge in [-0.15, -0.1) is 0 Å². The highest BCUT2D eigenvalue weighted by atomic mass is 19.1. The van der Waals surface area contributed by atoms with E-state index in [1.165, 1.54) is 19.3 Å². The fourth-order valence-electron chi connectivity index (χ4n) is 2.45. The molecule has 0 radical (unpaired) electrons. The second-order valence-electron chi connectivity index (χ2n) is 5.39. The molecule has 0 aliphatic carbocycles. The first-order chi connectivity index (χ1) is 12.0. The lowest BCUT2D eigenvalue weighted by Gasteiger charge is -2.10. The van der Waals surface area contributed by atoms with Gasteiger partial charge in [-0.25, -0.2) is 9.18 Å². The summed E-state index contributed by atoms with van der Waals surface area (Å²) < 4.78 is 29.3. The van der Waals surface area contributed by atoms with Crippen LogP contribution in [0.2, 0.25) is 0 Å². The van der Waals surface area contributed by atoms with Crippen LogP contribution in [0.4, 0.5) is 4.39 Å². The second-order valence-corrected chi connectivity index (χ2v) is 5.39. The third-order valence-electron chi connectivity index (χ3n) is 3.80. The van der Waals surface area contributed by atoms with Gasteiger partial charge in [0.1, 0.15) is 17.3 Å². The summed E-state index contributed by atoms with van der Waals surface area (Å²) in [5, 5.41) is 0. The van der Waals surface area contributed by atoms with Gasteiger partial charge in [0.15, 0.2) is 12.4 Å². The van der Waals surface area contributed by atoms with E-state index in [4.69, 9.17) is 9.47 Å². The van der Waals surface area contributed by atoms with E-state index in [9.17, 15) is 14.0 Å². The Kier molecular flexibility index (Phi) is 4.52. The normalized spacial score (nSPS) is 14.2. The number of allylic oxidation sites excluding steroid dienone is 1. The summed E-state index contributed by atoms with van der Waals surface area (Å²) in [6.07, 6.45) is 1.37. The number of hydrogen-bond acceptors (Lipinski definition) is 5. The number of halogens is 1. The minimum absolute atomic E-state index is 0.0355. The zero-order valence-corrected chi connectivity index (χ0v) is 13.7. The highest BCUT2D eigenvalue weighted by molar-refractivity contribution is 6.15. The van der Waals surface area contributed by atoms with Crippen molar-refractivity contribution in [3.05, 3.63) is 64.7 Å². The van der Waals surface area contributed by atoms with Gasteiger partial charge in [0, 0.05) is 11.1 Å². The molecule has 3 rings (SSSR count). The van der Waals surface area contributed by atoms with Gasteiger partial charge in [0.25, 0.3) is 0 Å². The van der Waals surface area contributed by atoms with E-state index >= 15 is 0 Å². The molecule has 6 heteroatoms. The van der Waals surface area contributed by atoms with E-state index in [0.29, 0.717) is 22.6 Å². The number of esters is 1. The summed E-state index contributed by atoms with van der Waals surface area (Å²) in [4.78, 5) is 23.6. The molecule has 0 unspecified atom stereocenters. The summed E-state index contributed by atoms with van der Waals surface area (Å²) in [6.45, 7) is 1.47. The van der Waals surface area contributed by atoms with Crippen molar-refractivity contribution in [2.45, 2.75) is 6.92 Å². The van der Waals surface area contributed by atoms with Crippen molar-refractivity contribution in [3.8, 4) is 11.5 Å². The number of Topliss-reactive ketones (excluding diaryl/α,β-unsaturated/α-hetero) is 1. The van der Waals surface area contributed by atoms with Gasteiger partial charge >= 0.3 is 5.97 Å². The molecule has 1 heterocycles. The number of benzene rings is 2. The Bertz CT molecular complexity index is 885. The van der Waals surface area contributed by atoms with E-state index in [1.807, 2.05) is 0 Å². The lowest BCUT2D eigenvalue weighted by Crippen LogP contribution is -2.13. The Morgan fingerprint density at radius 1 is 1.24 bits per heavy atom. The molecule has 2 aromatic rings. The van der Waals surface area contributed by atoms with Crippen LogP contribution in [0.5, 0.6) is 11.5 Å². The van der Waals surface area contributed by atoms with Gasteiger partial charge in [0.2, 0.25) is 5.78 Å². The Morgan fingerprint density at radius 2 is 2.00 bits per heavy atom. The molecule has 0 N–H and O–H groups in total. The molecule has 1 aliphatic rings. The maximum Gasteiger partial charge on any atom is 0.343 e. The van der Waals surface area contributed by atoms with E-state index < -0.39 is 11.8 Å². The average molecular weight is 342 g/mol. The number of ether oxygens (including phenoxy) is 3. The summed E-state index contributed by atoms with van der Waals surface area (Å²) in [7, 11) is 1.27. The SMILES string of the molecule is COC(=O)COc1ccc2c(c1C)O/C(=C\c1ccccc1F)C2=O. The van der Waals surface area contributed by atoms with Crippen molar-refractivity contribution >= 4 is 17.8 Å². The molecule has 5 nitrogen and oxygen atoms in total. The molecule has 128 valence electrons.